The fraction of sp³-hybridized carbons (Fsp3) is 0.0714. The molecule has 0 aliphatic heterocycles. The van der Waals surface area contributed by atoms with Crippen LogP contribution in [0.15, 0.2) is 36.7 Å². The minimum Gasteiger partial charge on any atom is -0.334 e. The van der Waals surface area contributed by atoms with Crippen LogP contribution in [0.5, 0.6) is 0 Å². The zero-order valence-corrected chi connectivity index (χ0v) is 12.5. The van der Waals surface area contributed by atoms with Gasteiger partial charge in [0.25, 0.3) is 5.91 Å². The molecule has 1 N–H and O–H groups in total. The number of benzene rings is 1. The van der Waals surface area contributed by atoms with Gasteiger partial charge in [-0.3, -0.25) is 4.79 Å². The molecule has 0 aliphatic carbocycles. The second-order valence-electron chi connectivity index (χ2n) is 4.48. The normalized spacial score (nSPS) is 10.8. The maximum atomic E-state index is 12.2. The standard InChI is InChI=1S/C14H10Cl2N4O/c1-20-7-17-12-10(20)6-11(16)18-13(12)19-14(21)8-2-4-9(15)5-3-8/h2-7H,1H3,(H,18,19,21). The number of aromatic nitrogens is 3. The number of hydrogen-bond acceptors (Lipinski definition) is 3. The predicted octanol–water partition coefficient (Wildman–Crippen LogP) is 3.53. The Morgan fingerprint density at radius 2 is 1.95 bits per heavy atom. The first kappa shape index (κ1) is 13.9. The highest BCUT2D eigenvalue weighted by Gasteiger charge is 2.13. The van der Waals surface area contributed by atoms with Crippen LogP contribution in [0.3, 0.4) is 0 Å². The molecular weight excluding hydrogens is 311 g/mol. The molecule has 0 fully saturated rings. The van der Waals surface area contributed by atoms with Gasteiger partial charge in [-0.2, -0.15) is 0 Å². The third-order valence-electron chi connectivity index (χ3n) is 3.02. The van der Waals surface area contributed by atoms with Crippen molar-refractivity contribution in [3.63, 3.8) is 0 Å². The number of imidazole rings is 1. The van der Waals surface area contributed by atoms with Gasteiger partial charge in [0.2, 0.25) is 0 Å². The van der Waals surface area contributed by atoms with E-state index >= 15 is 0 Å². The minimum atomic E-state index is -0.298. The molecule has 5 nitrogen and oxygen atoms in total. The SMILES string of the molecule is Cn1cnc2c(NC(=O)c3ccc(Cl)cc3)nc(Cl)cc21. The van der Waals surface area contributed by atoms with E-state index in [-0.39, 0.29) is 11.1 Å². The fourth-order valence-electron chi connectivity index (χ4n) is 1.97. The summed E-state index contributed by atoms with van der Waals surface area (Å²) in [6, 6.07) is 8.27. The van der Waals surface area contributed by atoms with Crippen molar-refractivity contribution in [3.8, 4) is 0 Å². The van der Waals surface area contributed by atoms with Gasteiger partial charge in [0.05, 0.1) is 11.8 Å². The molecular formula is C14H10Cl2N4O. The monoisotopic (exact) mass is 320 g/mol. The first-order valence-corrected chi connectivity index (χ1v) is 6.84. The lowest BCUT2D eigenvalue weighted by atomic mass is 10.2. The van der Waals surface area contributed by atoms with Crippen LogP contribution in [-0.4, -0.2) is 20.4 Å². The van der Waals surface area contributed by atoms with Crippen LogP contribution in [0.4, 0.5) is 5.82 Å². The minimum absolute atomic E-state index is 0.289. The molecule has 106 valence electrons. The van der Waals surface area contributed by atoms with Crippen LogP contribution in [0.2, 0.25) is 10.2 Å². The third-order valence-corrected chi connectivity index (χ3v) is 3.47. The average molecular weight is 321 g/mol. The lowest BCUT2D eigenvalue weighted by Crippen LogP contribution is -2.13. The molecule has 0 atom stereocenters. The van der Waals surface area contributed by atoms with Gasteiger partial charge >= 0.3 is 0 Å². The number of hydrogen-bond donors (Lipinski definition) is 1. The van der Waals surface area contributed by atoms with Crippen LogP contribution < -0.4 is 5.32 Å². The smallest absolute Gasteiger partial charge is 0.256 e. The summed E-state index contributed by atoms with van der Waals surface area (Å²) in [5, 5.41) is 3.58. The summed E-state index contributed by atoms with van der Waals surface area (Å²) in [6.07, 6.45) is 1.64. The Morgan fingerprint density at radius 3 is 2.67 bits per heavy atom. The Hall–Kier alpha value is -2.11. The summed E-state index contributed by atoms with van der Waals surface area (Å²) in [6.45, 7) is 0. The van der Waals surface area contributed by atoms with Crippen molar-refractivity contribution in [2.75, 3.05) is 5.32 Å². The van der Waals surface area contributed by atoms with Crippen molar-refractivity contribution in [2.45, 2.75) is 0 Å². The second-order valence-corrected chi connectivity index (χ2v) is 5.30. The zero-order valence-electron chi connectivity index (χ0n) is 11.0. The first-order chi connectivity index (χ1) is 10.0. The van der Waals surface area contributed by atoms with Gasteiger partial charge in [-0.1, -0.05) is 23.2 Å². The van der Waals surface area contributed by atoms with Gasteiger partial charge in [0.1, 0.15) is 10.7 Å². The fourth-order valence-corrected chi connectivity index (χ4v) is 2.28. The molecule has 0 spiro atoms. The Bertz CT molecular complexity index is 827. The number of carbonyl (C=O) groups is 1. The van der Waals surface area contributed by atoms with Crippen molar-refractivity contribution < 1.29 is 4.79 Å². The number of fused-ring (bicyclic) bond motifs is 1. The van der Waals surface area contributed by atoms with E-state index in [1.54, 1.807) is 41.2 Å². The molecule has 2 aromatic heterocycles. The third kappa shape index (κ3) is 2.70. The van der Waals surface area contributed by atoms with E-state index in [1.807, 2.05) is 7.05 Å². The number of halogens is 2. The molecule has 0 radical (unpaired) electrons. The summed E-state index contributed by atoms with van der Waals surface area (Å²) < 4.78 is 1.81. The number of rotatable bonds is 2. The molecule has 0 aliphatic rings. The lowest BCUT2D eigenvalue weighted by molar-refractivity contribution is 0.102. The Labute approximate surface area is 130 Å². The number of nitrogens with zero attached hydrogens (tertiary/aromatic N) is 3. The molecule has 0 saturated carbocycles. The van der Waals surface area contributed by atoms with Gasteiger partial charge in [-0.25, -0.2) is 9.97 Å². The predicted molar refractivity (Wildman–Crippen MR) is 82.9 cm³/mol. The molecule has 2 heterocycles. The van der Waals surface area contributed by atoms with Gasteiger partial charge in [0.15, 0.2) is 5.82 Å². The first-order valence-electron chi connectivity index (χ1n) is 6.09. The molecule has 1 amide bonds. The van der Waals surface area contributed by atoms with Gasteiger partial charge in [-0.15, -0.1) is 0 Å². The van der Waals surface area contributed by atoms with Crippen LogP contribution >= 0.6 is 23.2 Å². The maximum Gasteiger partial charge on any atom is 0.256 e. The second kappa shape index (κ2) is 5.35. The van der Waals surface area contributed by atoms with Crippen LogP contribution in [-0.2, 0) is 7.05 Å². The summed E-state index contributed by atoms with van der Waals surface area (Å²) in [5.41, 5.74) is 1.86. The van der Waals surface area contributed by atoms with E-state index in [0.717, 1.165) is 5.52 Å². The molecule has 21 heavy (non-hydrogen) atoms. The van der Waals surface area contributed by atoms with Crippen LogP contribution in [0.25, 0.3) is 11.0 Å². The van der Waals surface area contributed by atoms with Crippen molar-refractivity contribution >= 4 is 46.0 Å². The van der Waals surface area contributed by atoms with Crippen molar-refractivity contribution in [1.29, 1.82) is 0 Å². The maximum absolute atomic E-state index is 12.2. The topological polar surface area (TPSA) is 59.8 Å². The van der Waals surface area contributed by atoms with Gasteiger partial charge < -0.3 is 9.88 Å². The molecule has 3 aromatic rings. The average Bonchev–Trinajstić information content (AvgIpc) is 2.81. The largest absolute Gasteiger partial charge is 0.334 e. The summed E-state index contributed by atoms with van der Waals surface area (Å²) in [5.74, 6) is 0.0337. The van der Waals surface area contributed by atoms with Crippen molar-refractivity contribution in [3.05, 3.63) is 52.4 Å². The van der Waals surface area contributed by atoms with E-state index in [2.05, 4.69) is 15.3 Å². The number of amides is 1. The number of nitrogens with one attached hydrogen (secondary N) is 1. The molecule has 0 saturated heterocycles. The number of pyridine rings is 1. The molecule has 3 rings (SSSR count). The van der Waals surface area contributed by atoms with E-state index in [1.165, 1.54) is 0 Å². The highest BCUT2D eigenvalue weighted by Crippen LogP contribution is 2.23. The van der Waals surface area contributed by atoms with E-state index in [4.69, 9.17) is 23.2 Å². The van der Waals surface area contributed by atoms with E-state index in [0.29, 0.717) is 21.9 Å². The Kier molecular flexibility index (Phi) is 3.53. The number of aryl methyl sites for hydroxylation is 1. The van der Waals surface area contributed by atoms with E-state index in [9.17, 15) is 4.79 Å². The van der Waals surface area contributed by atoms with Gasteiger partial charge in [0, 0.05) is 23.7 Å². The molecule has 7 heteroatoms. The zero-order chi connectivity index (χ0) is 15.0. The van der Waals surface area contributed by atoms with Crippen molar-refractivity contribution in [1.82, 2.24) is 14.5 Å². The Balaban J connectivity index is 1.98. The highest BCUT2D eigenvalue weighted by atomic mass is 35.5. The molecule has 0 bridgehead atoms. The van der Waals surface area contributed by atoms with Crippen LogP contribution in [0.1, 0.15) is 10.4 Å². The molecule has 0 unspecified atom stereocenters. The van der Waals surface area contributed by atoms with Crippen LogP contribution in [0, 0.1) is 0 Å². The van der Waals surface area contributed by atoms with Crippen molar-refractivity contribution in [2.24, 2.45) is 7.05 Å². The number of anilines is 1. The summed E-state index contributed by atoms with van der Waals surface area (Å²) >= 11 is 11.8. The molecule has 1 aromatic carbocycles. The Morgan fingerprint density at radius 1 is 1.24 bits per heavy atom. The van der Waals surface area contributed by atoms with E-state index < -0.39 is 0 Å². The number of carbonyl (C=O) groups excluding carboxylic acids is 1. The summed E-state index contributed by atoms with van der Waals surface area (Å²) in [4.78, 5) is 20.6. The lowest BCUT2D eigenvalue weighted by Gasteiger charge is -2.06. The van der Waals surface area contributed by atoms with Gasteiger partial charge in [-0.05, 0) is 24.3 Å². The quantitative estimate of drug-likeness (QED) is 0.735. The highest BCUT2D eigenvalue weighted by molar-refractivity contribution is 6.31. The summed E-state index contributed by atoms with van der Waals surface area (Å²) in [7, 11) is 1.84.